The number of rotatable bonds is 8. The number of methoxy groups -OCH3 is 1. The lowest BCUT2D eigenvalue weighted by Gasteiger charge is -2.25. The Bertz CT molecular complexity index is 1640. The van der Waals surface area contributed by atoms with Crippen LogP contribution in [-0.4, -0.2) is 30.2 Å². The fourth-order valence-corrected chi connectivity index (χ4v) is 5.38. The molecule has 0 aliphatic carbocycles. The molecule has 1 aliphatic heterocycles. The molecule has 0 spiro atoms. The monoisotopic (exact) mass is 546 g/mol. The minimum atomic E-state index is -0.843. The number of carbonyl (C=O) groups excluding carboxylic acids is 2. The Hall–Kier alpha value is -4.24. The summed E-state index contributed by atoms with van der Waals surface area (Å²) in [7, 11) is 1.45. The van der Waals surface area contributed by atoms with Crippen LogP contribution < -0.4 is 24.4 Å². The van der Waals surface area contributed by atoms with Crippen LogP contribution in [0.3, 0.4) is 0 Å². The molecular weight excluding hydrogens is 516 g/mol. The Morgan fingerprint density at radius 2 is 1.87 bits per heavy atom. The lowest BCUT2D eigenvalue weighted by Crippen LogP contribution is -2.40. The number of hydrogen-bond donors (Lipinski definition) is 0. The molecule has 39 heavy (non-hydrogen) atoms. The van der Waals surface area contributed by atoms with E-state index in [0.717, 1.165) is 5.56 Å². The van der Waals surface area contributed by atoms with Crippen molar-refractivity contribution in [3.63, 3.8) is 0 Å². The Kier molecular flexibility index (Phi) is 8.30. The zero-order chi connectivity index (χ0) is 28.3. The van der Waals surface area contributed by atoms with Gasteiger partial charge in [-0.25, -0.2) is 9.79 Å². The third-order valence-corrected chi connectivity index (χ3v) is 7.21. The summed E-state index contributed by atoms with van der Waals surface area (Å²) in [5.74, 6) is -0.204. The van der Waals surface area contributed by atoms with Gasteiger partial charge in [0.25, 0.3) is 5.56 Å². The van der Waals surface area contributed by atoms with E-state index in [4.69, 9.17) is 14.2 Å². The highest BCUT2D eigenvalue weighted by Crippen LogP contribution is 2.36. The van der Waals surface area contributed by atoms with E-state index in [1.807, 2.05) is 30.3 Å². The number of aromatic nitrogens is 1. The summed E-state index contributed by atoms with van der Waals surface area (Å²) in [5, 5.41) is 0. The first kappa shape index (κ1) is 27.8. The van der Waals surface area contributed by atoms with Crippen LogP contribution in [0.4, 0.5) is 0 Å². The number of thiazole rings is 1. The number of carbonyl (C=O) groups is 2. The first-order valence-electron chi connectivity index (χ1n) is 12.4. The SMILES string of the molecule is C=CCOC(=O)C1=C(C)N=c2s/c(=C\c3ccc(C(C)C)cc3)c(=O)n2C1c1ccc(OC(C)=O)c(OC)c1. The molecule has 9 heteroatoms. The molecule has 2 aromatic carbocycles. The highest BCUT2D eigenvalue weighted by atomic mass is 32.1. The second-order valence-corrected chi connectivity index (χ2v) is 10.3. The molecule has 8 nitrogen and oxygen atoms in total. The average Bonchev–Trinajstić information content (AvgIpc) is 3.20. The number of hydrogen-bond acceptors (Lipinski definition) is 8. The van der Waals surface area contributed by atoms with Crippen LogP contribution >= 0.6 is 11.3 Å². The quantitative estimate of drug-likeness (QED) is 0.241. The Balaban J connectivity index is 1.91. The van der Waals surface area contributed by atoms with Crippen molar-refractivity contribution in [3.8, 4) is 11.5 Å². The molecule has 0 saturated heterocycles. The number of allylic oxidation sites excluding steroid dienone is 1. The van der Waals surface area contributed by atoms with Crippen LogP contribution in [0.5, 0.6) is 11.5 Å². The van der Waals surface area contributed by atoms with Crippen LogP contribution in [0.25, 0.3) is 6.08 Å². The molecule has 0 saturated carbocycles. The predicted octanol–water partition coefficient (Wildman–Crippen LogP) is 4.02. The topological polar surface area (TPSA) is 96.2 Å². The fourth-order valence-electron chi connectivity index (χ4n) is 4.33. The summed E-state index contributed by atoms with van der Waals surface area (Å²) in [4.78, 5) is 43.7. The van der Waals surface area contributed by atoms with Crippen LogP contribution in [0.15, 0.2) is 76.2 Å². The van der Waals surface area contributed by atoms with Crippen molar-refractivity contribution in [1.82, 2.24) is 4.57 Å². The molecule has 0 N–H and O–H groups in total. The smallest absolute Gasteiger partial charge is 0.338 e. The Morgan fingerprint density at radius 3 is 2.49 bits per heavy atom. The summed E-state index contributed by atoms with van der Waals surface area (Å²) >= 11 is 1.25. The van der Waals surface area contributed by atoms with Crippen molar-refractivity contribution in [2.24, 2.45) is 4.99 Å². The zero-order valence-electron chi connectivity index (χ0n) is 22.5. The Labute approximate surface area is 230 Å². The van der Waals surface area contributed by atoms with E-state index in [0.29, 0.717) is 26.5 Å². The number of ether oxygens (including phenoxy) is 3. The normalized spacial score (nSPS) is 15.0. The minimum absolute atomic E-state index is 0.00777. The largest absolute Gasteiger partial charge is 0.493 e. The van der Waals surface area contributed by atoms with Gasteiger partial charge in [-0.3, -0.25) is 14.2 Å². The standard InChI is InChI=1S/C30H30N2O6S/c1-7-14-37-29(35)26-18(4)31-30-32(27(26)22-12-13-23(38-19(5)33)24(16-22)36-6)28(34)25(39-30)15-20-8-10-21(11-9-20)17(2)3/h7-13,15-17,27H,1,14H2,2-6H3/b25-15-. The fraction of sp³-hybridized carbons (Fsp3) is 0.267. The van der Waals surface area contributed by atoms with E-state index in [-0.39, 0.29) is 29.2 Å². The van der Waals surface area contributed by atoms with E-state index < -0.39 is 18.0 Å². The maximum Gasteiger partial charge on any atom is 0.338 e. The lowest BCUT2D eigenvalue weighted by atomic mass is 9.95. The molecular formula is C30H30N2O6S. The van der Waals surface area contributed by atoms with Gasteiger partial charge in [0.05, 0.1) is 29.0 Å². The summed E-state index contributed by atoms with van der Waals surface area (Å²) in [5.41, 5.74) is 3.02. The summed E-state index contributed by atoms with van der Waals surface area (Å²) in [6.45, 7) is 10.9. The van der Waals surface area contributed by atoms with Gasteiger partial charge in [0.15, 0.2) is 16.3 Å². The molecule has 4 rings (SSSR count). The summed E-state index contributed by atoms with van der Waals surface area (Å²) in [6.07, 6.45) is 3.30. The third kappa shape index (κ3) is 5.78. The van der Waals surface area contributed by atoms with Gasteiger partial charge < -0.3 is 14.2 Å². The van der Waals surface area contributed by atoms with Crippen molar-refractivity contribution in [3.05, 3.63) is 103 Å². The second kappa shape index (κ2) is 11.7. The zero-order valence-corrected chi connectivity index (χ0v) is 23.3. The number of nitrogens with zero attached hydrogens (tertiary/aromatic N) is 2. The molecule has 2 heterocycles. The van der Waals surface area contributed by atoms with Crippen molar-refractivity contribution in [1.29, 1.82) is 0 Å². The second-order valence-electron chi connectivity index (χ2n) is 9.29. The molecule has 3 aromatic rings. The molecule has 0 bridgehead atoms. The van der Waals surface area contributed by atoms with Crippen LogP contribution in [0.1, 0.15) is 56.3 Å². The van der Waals surface area contributed by atoms with Gasteiger partial charge in [-0.15, -0.1) is 0 Å². The van der Waals surface area contributed by atoms with Crippen molar-refractivity contribution in [2.75, 3.05) is 13.7 Å². The molecule has 202 valence electrons. The molecule has 0 amide bonds. The van der Waals surface area contributed by atoms with Crippen molar-refractivity contribution in [2.45, 2.75) is 39.7 Å². The van der Waals surface area contributed by atoms with E-state index in [2.05, 4.69) is 25.4 Å². The molecule has 0 radical (unpaired) electrons. The van der Waals surface area contributed by atoms with Crippen LogP contribution in [0, 0.1) is 0 Å². The number of esters is 2. The van der Waals surface area contributed by atoms with Gasteiger partial charge in [-0.2, -0.15) is 0 Å². The number of fused-ring (bicyclic) bond motifs is 1. The van der Waals surface area contributed by atoms with E-state index in [9.17, 15) is 14.4 Å². The Morgan fingerprint density at radius 1 is 1.15 bits per heavy atom. The van der Waals surface area contributed by atoms with Crippen molar-refractivity contribution >= 4 is 29.4 Å². The molecule has 1 aliphatic rings. The van der Waals surface area contributed by atoms with Crippen molar-refractivity contribution < 1.29 is 23.8 Å². The first-order valence-corrected chi connectivity index (χ1v) is 13.2. The summed E-state index contributed by atoms with van der Waals surface area (Å²) < 4.78 is 18.1. The highest BCUT2D eigenvalue weighted by molar-refractivity contribution is 7.07. The van der Waals surface area contributed by atoms with Gasteiger partial charge in [0.1, 0.15) is 6.61 Å². The van der Waals surface area contributed by atoms with E-state index in [1.54, 1.807) is 25.1 Å². The highest BCUT2D eigenvalue weighted by Gasteiger charge is 2.34. The minimum Gasteiger partial charge on any atom is -0.493 e. The maximum absolute atomic E-state index is 13.8. The van der Waals surface area contributed by atoms with Crippen LogP contribution in [0.2, 0.25) is 0 Å². The lowest BCUT2D eigenvalue weighted by molar-refractivity contribution is -0.138. The first-order chi connectivity index (χ1) is 18.6. The molecule has 1 unspecified atom stereocenters. The summed E-state index contributed by atoms with van der Waals surface area (Å²) in [6, 6.07) is 12.1. The maximum atomic E-state index is 13.8. The molecule has 1 aromatic heterocycles. The van der Waals surface area contributed by atoms with Gasteiger partial charge in [-0.05, 0) is 47.7 Å². The predicted molar refractivity (Wildman–Crippen MR) is 150 cm³/mol. The average molecular weight is 547 g/mol. The van der Waals surface area contributed by atoms with E-state index >= 15 is 0 Å². The number of benzene rings is 2. The van der Waals surface area contributed by atoms with E-state index in [1.165, 1.54) is 41.6 Å². The molecule has 1 atom stereocenters. The van der Waals surface area contributed by atoms with Gasteiger partial charge >= 0.3 is 11.9 Å². The van der Waals surface area contributed by atoms with Crippen LogP contribution in [-0.2, 0) is 14.3 Å². The molecule has 0 fully saturated rings. The van der Waals surface area contributed by atoms with Gasteiger partial charge in [-0.1, -0.05) is 68.2 Å². The van der Waals surface area contributed by atoms with Gasteiger partial charge in [0.2, 0.25) is 0 Å². The van der Waals surface area contributed by atoms with Gasteiger partial charge in [0, 0.05) is 6.92 Å². The third-order valence-electron chi connectivity index (χ3n) is 6.23.